The van der Waals surface area contributed by atoms with Crippen molar-refractivity contribution in [2.24, 2.45) is 0 Å². The second-order valence-electron chi connectivity index (χ2n) is 8.09. The molecule has 3 aromatic heterocycles. The molecule has 0 bridgehead atoms. The molecule has 3 heterocycles. The van der Waals surface area contributed by atoms with Gasteiger partial charge in [0, 0.05) is 35.2 Å². The van der Waals surface area contributed by atoms with Gasteiger partial charge >= 0.3 is 23.4 Å². The largest absolute Gasteiger partial charge is 0.424 e. The van der Waals surface area contributed by atoms with Crippen molar-refractivity contribution >= 4 is 57.4 Å². The van der Waals surface area contributed by atoms with Crippen molar-refractivity contribution in [2.45, 2.75) is 13.8 Å². The van der Waals surface area contributed by atoms with Crippen LogP contribution in [0.25, 0.3) is 16.9 Å². The van der Waals surface area contributed by atoms with Gasteiger partial charge < -0.3 is 29.9 Å². The zero-order chi connectivity index (χ0) is 27.7. The Balaban J connectivity index is 1.52. The molecular formula is C24H17ClN8O5S. The molecule has 5 rings (SSSR count). The quantitative estimate of drug-likeness (QED) is 0.124. The molecule has 0 aliphatic carbocycles. The maximum absolute atomic E-state index is 11.8. The maximum atomic E-state index is 11.8. The molecule has 39 heavy (non-hydrogen) atoms. The SMILES string of the molecule is Cc1cc(=O)oc2cc(Oc3nc(NC(=S)Nc4ccc(Cl)cc4)nc(-n4c([N+](=O)[O-])cnc4C)n3)ccc12. The Labute approximate surface area is 229 Å². The van der Waals surface area contributed by atoms with E-state index in [9.17, 15) is 14.9 Å². The van der Waals surface area contributed by atoms with E-state index in [1.807, 2.05) is 0 Å². The lowest BCUT2D eigenvalue weighted by Crippen LogP contribution is -2.21. The molecule has 0 aliphatic heterocycles. The number of rotatable bonds is 6. The van der Waals surface area contributed by atoms with Crippen molar-refractivity contribution in [2.75, 3.05) is 10.6 Å². The van der Waals surface area contributed by atoms with Crippen molar-refractivity contribution in [1.82, 2.24) is 24.5 Å². The summed E-state index contributed by atoms with van der Waals surface area (Å²) in [6.45, 7) is 3.35. The summed E-state index contributed by atoms with van der Waals surface area (Å²) < 4.78 is 12.3. The molecule has 5 aromatic rings. The molecule has 0 aliphatic rings. The molecule has 196 valence electrons. The van der Waals surface area contributed by atoms with Crippen LogP contribution in [0.3, 0.4) is 0 Å². The number of hydrogen-bond donors (Lipinski definition) is 2. The minimum absolute atomic E-state index is 0.0629. The Hall–Kier alpha value is -4.95. The van der Waals surface area contributed by atoms with E-state index in [4.69, 9.17) is 33.0 Å². The van der Waals surface area contributed by atoms with Gasteiger partial charge in [-0.25, -0.2) is 9.78 Å². The third-order valence-electron chi connectivity index (χ3n) is 5.37. The lowest BCUT2D eigenvalue weighted by atomic mass is 10.1. The van der Waals surface area contributed by atoms with E-state index in [-0.39, 0.29) is 40.4 Å². The Morgan fingerprint density at radius 2 is 1.87 bits per heavy atom. The first-order valence-electron chi connectivity index (χ1n) is 11.2. The molecule has 0 amide bonds. The Morgan fingerprint density at radius 1 is 1.10 bits per heavy atom. The fraction of sp³-hybridized carbons (Fsp3) is 0.0833. The van der Waals surface area contributed by atoms with Gasteiger partial charge in [-0.3, -0.25) is 0 Å². The molecule has 0 spiro atoms. The number of hydrogen-bond acceptors (Lipinski definition) is 10. The van der Waals surface area contributed by atoms with Crippen LogP contribution in [0.1, 0.15) is 11.4 Å². The summed E-state index contributed by atoms with van der Waals surface area (Å²) in [6, 6.07) is 12.9. The molecule has 2 aromatic carbocycles. The normalized spacial score (nSPS) is 10.8. The van der Waals surface area contributed by atoms with Gasteiger partial charge in [-0.1, -0.05) is 11.6 Å². The number of anilines is 2. The average molecular weight is 565 g/mol. The van der Waals surface area contributed by atoms with Gasteiger partial charge in [-0.2, -0.15) is 9.97 Å². The fourth-order valence-electron chi connectivity index (χ4n) is 3.63. The van der Waals surface area contributed by atoms with E-state index >= 15 is 0 Å². The summed E-state index contributed by atoms with van der Waals surface area (Å²) in [7, 11) is 0. The van der Waals surface area contributed by atoms with Gasteiger partial charge in [-0.15, -0.1) is 9.55 Å². The number of benzene rings is 2. The summed E-state index contributed by atoms with van der Waals surface area (Å²) in [4.78, 5) is 39.6. The lowest BCUT2D eigenvalue weighted by molar-refractivity contribution is -0.391. The van der Waals surface area contributed by atoms with Gasteiger partial charge in [0.15, 0.2) is 5.11 Å². The first kappa shape index (κ1) is 25.7. The van der Waals surface area contributed by atoms with Crippen LogP contribution in [-0.2, 0) is 0 Å². The number of nitrogens with zero attached hydrogens (tertiary/aromatic N) is 6. The number of aryl methyl sites for hydroxylation is 2. The maximum Gasteiger partial charge on any atom is 0.350 e. The van der Waals surface area contributed by atoms with E-state index in [0.717, 1.165) is 21.7 Å². The van der Waals surface area contributed by atoms with E-state index in [1.54, 1.807) is 50.2 Å². The third-order valence-corrected chi connectivity index (χ3v) is 5.83. The van der Waals surface area contributed by atoms with E-state index in [1.165, 1.54) is 12.1 Å². The molecule has 0 fully saturated rings. The number of halogens is 1. The zero-order valence-electron chi connectivity index (χ0n) is 20.2. The number of fused-ring (bicyclic) bond motifs is 1. The van der Waals surface area contributed by atoms with E-state index < -0.39 is 10.5 Å². The number of nitro groups is 1. The first-order chi connectivity index (χ1) is 18.7. The van der Waals surface area contributed by atoms with Crippen molar-refractivity contribution in [3.05, 3.63) is 91.7 Å². The molecule has 0 unspecified atom stereocenters. The average Bonchev–Trinajstić information content (AvgIpc) is 3.26. The molecule has 0 atom stereocenters. The lowest BCUT2D eigenvalue weighted by Gasteiger charge is -2.11. The number of imidazole rings is 1. The van der Waals surface area contributed by atoms with Crippen molar-refractivity contribution in [1.29, 1.82) is 0 Å². The summed E-state index contributed by atoms with van der Waals surface area (Å²) in [5.74, 6) is -0.0539. The van der Waals surface area contributed by atoms with Gasteiger partial charge in [0.2, 0.25) is 11.8 Å². The molecule has 2 N–H and O–H groups in total. The van der Waals surface area contributed by atoms with Crippen molar-refractivity contribution in [3.63, 3.8) is 0 Å². The summed E-state index contributed by atoms with van der Waals surface area (Å²) in [5.41, 5.74) is 1.19. The van der Waals surface area contributed by atoms with Crippen LogP contribution in [0, 0.1) is 24.0 Å². The fourth-order valence-corrected chi connectivity index (χ4v) is 3.96. The van der Waals surface area contributed by atoms with Gasteiger partial charge in [0.05, 0.1) is 0 Å². The van der Waals surface area contributed by atoms with Crippen LogP contribution in [0.2, 0.25) is 5.02 Å². The van der Waals surface area contributed by atoms with Gasteiger partial charge in [0.25, 0.3) is 0 Å². The van der Waals surface area contributed by atoms with Crippen LogP contribution in [0.15, 0.2) is 63.9 Å². The second kappa shape index (κ2) is 10.4. The predicted molar refractivity (Wildman–Crippen MR) is 147 cm³/mol. The van der Waals surface area contributed by atoms with Crippen LogP contribution in [0.5, 0.6) is 11.8 Å². The smallest absolute Gasteiger partial charge is 0.350 e. The summed E-state index contributed by atoms with van der Waals surface area (Å²) >= 11 is 11.3. The van der Waals surface area contributed by atoms with Crippen LogP contribution >= 0.6 is 23.8 Å². The number of thiocarbonyl (C=S) groups is 1. The molecular weight excluding hydrogens is 548 g/mol. The molecule has 0 saturated carbocycles. The zero-order valence-corrected chi connectivity index (χ0v) is 21.8. The second-order valence-corrected chi connectivity index (χ2v) is 8.94. The molecule has 15 heteroatoms. The van der Waals surface area contributed by atoms with Crippen LogP contribution in [-0.4, -0.2) is 34.5 Å². The Morgan fingerprint density at radius 3 is 2.62 bits per heavy atom. The Kier molecular flexibility index (Phi) is 6.87. The highest BCUT2D eigenvalue weighted by molar-refractivity contribution is 7.80. The minimum atomic E-state index is -0.613. The topological polar surface area (TPSA) is 163 Å². The number of ether oxygens (including phenoxy) is 1. The molecule has 0 radical (unpaired) electrons. The van der Waals surface area contributed by atoms with Gasteiger partial charge in [-0.05, 0) is 66.0 Å². The number of nitrogens with one attached hydrogen (secondary N) is 2. The minimum Gasteiger partial charge on any atom is -0.424 e. The summed E-state index contributed by atoms with van der Waals surface area (Å²) in [5, 5.41) is 18.8. The van der Waals surface area contributed by atoms with Crippen molar-refractivity contribution < 1.29 is 14.1 Å². The monoisotopic (exact) mass is 564 g/mol. The highest BCUT2D eigenvalue weighted by Gasteiger charge is 2.24. The highest BCUT2D eigenvalue weighted by atomic mass is 35.5. The highest BCUT2D eigenvalue weighted by Crippen LogP contribution is 2.27. The molecule has 0 saturated heterocycles. The predicted octanol–water partition coefficient (Wildman–Crippen LogP) is 4.94. The summed E-state index contributed by atoms with van der Waals surface area (Å²) in [6.07, 6.45) is 1.09. The first-order valence-corrected chi connectivity index (χ1v) is 12.0. The van der Waals surface area contributed by atoms with Crippen LogP contribution < -0.4 is 21.0 Å². The Bertz CT molecular complexity index is 1810. The van der Waals surface area contributed by atoms with Gasteiger partial charge in [0.1, 0.15) is 17.5 Å². The standard InChI is InChI=1S/C24H17ClN8O5S/c1-12-9-20(34)38-18-10-16(7-8-17(12)18)37-23-29-21(30-24(39)27-15-5-3-14(25)4-6-15)28-22(31-23)32-13(2)26-11-19(32)33(35)36/h3-11H,1-2H3,(H2,27,28,29,30,31,39). The van der Waals surface area contributed by atoms with Crippen LogP contribution in [0.4, 0.5) is 17.5 Å². The van der Waals surface area contributed by atoms with E-state index in [0.29, 0.717) is 16.3 Å². The molecule has 13 nitrogen and oxygen atoms in total. The van der Waals surface area contributed by atoms with E-state index in [2.05, 4.69) is 30.6 Å². The van der Waals surface area contributed by atoms with Crippen molar-refractivity contribution in [3.8, 4) is 17.7 Å². The third kappa shape index (κ3) is 5.66. The number of aromatic nitrogens is 5.